The highest BCUT2D eigenvalue weighted by molar-refractivity contribution is 5.95. The molecule has 0 bridgehead atoms. The molecule has 2 aliphatic heterocycles. The van der Waals surface area contributed by atoms with Gasteiger partial charge in [0, 0.05) is 37.8 Å². The minimum atomic E-state index is -5.09. The standard InChI is InChI=1S/C46H50F3N3O4/c47-46(48,49)45(55)56-42-18-15-37(16-19-42)25-30-52(43(53)20-17-34-7-2-1-3-8-34)33-38-11-5-12-39(31-38)40-13-6-14-41(32-40)44(54)51-28-23-36(24-29-51)10-4-9-35-21-26-50-27-22-35/h1-3,5-8,11-20,31-32,35-36,50H,4,9-10,21-30,33H2. The number of likely N-dealkylation sites (tertiary alicyclic amines) is 1. The van der Waals surface area contributed by atoms with Crippen molar-refractivity contribution in [3.05, 3.63) is 131 Å². The lowest BCUT2D eigenvalue weighted by Gasteiger charge is -2.32. The van der Waals surface area contributed by atoms with Gasteiger partial charge >= 0.3 is 12.1 Å². The zero-order chi connectivity index (χ0) is 39.3. The molecule has 56 heavy (non-hydrogen) atoms. The van der Waals surface area contributed by atoms with Gasteiger partial charge < -0.3 is 19.9 Å². The molecule has 4 aromatic carbocycles. The first-order chi connectivity index (χ1) is 27.1. The van der Waals surface area contributed by atoms with E-state index in [1.807, 2.05) is 83.8 Å². The Kier molecular flexibility index (Phi) is 14.1. The van der Waals surface area contributed by atoms with Gasteiger partial charge in [-0.2, -0.15) is 13.2 Å². The molecule has 0 saturated carbocycles. The van der Waals surface area contributed by atoms with Gasteiger partial charge in [0.2, 0.25) is 5.91 Å². The van der Waals surface area contributed by atoms with Crippen molar-refractivity contribution in [2.45, 2.75) is 64.1 Å². The van der Waals surface area contributed by atoms with Crippen LogP contribution in [0.4, 0.5) is 13.2 Å². The van der Waals surface area contributed by atoms with Gasteiger partial charge in [0.05, 0.1) is 0 Å². The number of rotatable bonds is 14. The van der Waals surface area contributed by atoms with Crippen LogP contribution < -0.4 is 10.1 Å². The van der Waals surface area contributed by atoms with Gasteiger partial charge in [-0.15, -0.1) is 0 Å². The summed E-state index contributed by atoms with van der Waals surface area (Å²) in [6, 6.07) is 31.0. The highest BCUT2D eigenvalue weighted by Crippen LogP contribution is 2.28. The summed E-state index contributed by atoms with van der Waals surface area (Å²) in [6.45, 7) is 4.50. The van der Waals surface area contributed by atoms with E-state index in [0.717, 1.165) is 72.8 Å². The molecule has 1 N–H and O–H groups in total. The molecule has 2 heterocycles. The number of hydrogen-bond acceptors (Lipinski definition) is 5. The number of piperidine rings is 2. The Bertz CT molecular complexity index is 1930. The van der Waals surface area contributed by atoms with Crippen LogP contribution in [0, 0.1) is 11.8 Å². The fourth-order valence-corrected chi connectivity index (χ4v) is 7.63. The average Bonchev–Trinajstić information content (AvgIpc) is 3.22. The molecule has 2 saturated heterocycles. The second-order valence-corrected chi connectivity index (χ2v) is 14.9. The summed E-state index contributed by atoms with van der Waals surface area (Å²) < 4.78 is 42.3. The predicted molar refractivity (Wildman–Crippen MR) is 213 cm³/mol. The molecule has 0 unspecified atom stereocenters. The smallest absolute Gasteiger partial charge is 0.420 e. The Balaban J connectivity index is 1.08. The van der Waals surface area contributed by atoms with Crippen LogP contribution in [-0.4, -0.2) is 66.5 Å². The minimum Gasteiger partial charge on any atom is -0.420 e. The van der Waals surface area contributed by atoms with Crippen LogP contribution >= 0.6 is 0 Å². The first-order valence-corrected chi connectivity index (χ1v) is 19.7. The van der Waals surface area contributed by atoms with E-state index in [9.17, 15) is 27.6 Å². The highest BCUT2D eigenvalue weighted by Gasteiger charge is 2.41. The maximum absolute atomic E-state index is 13.7. The van der Waals surface area contributed by atoms with Gasteiger partial charge in [-0.05, 0) is 121 Å². The van der Waals surface area contributed by atoms with E-state index in [4.69, 9.17) is 0 Å². The van der Waals surface area contributed by atoms with Crippen molar-refractivity contribution in [3.8, 4) is 16.9 Å². The van der Waals surface area contributed by atoms with Gasteiger partial charge in [0.1, 0.15) is 5.75 Å². The second-order valence-electron chi connectivity index (χ2n) is 14.9. The summed E-state index contributed by atoms with van der Waals surface area (Å²) >= 11 is 0. The van der Waals surface area contributed by atoms with Crippen LogP contribution in [0.3, 0.4) is 0 Å². The lowest BCUT2D eigenvalue weighted by atomic mass is 9.87. The predicted octanol–water partition coefficient (Wildman–Crippen LogP) is 9.13. The Hall–Kier alpha value is -5.22. The molecule has 7 nitrogen and oxygen atoms in total. The van der Waals surface area contributed by atoms with Crippen molar-refractivity contribution >= 4 is 23.9 Å². The molecule has 10 heteroatoms. The summed E-state index contributed by atoms with van der Waals surface area (Å²) in [5.41, 5.74) is 5.05. The summed E-state index contributed by atoms with van der Waals surface area (Å²) in [5.74, 6) is -1.08. The molecule has 6 rings (SSSR count). The van der Waals surface area contributed by atoms with Crippen LogP contribution in [0.25, 0.3) is 17.2 Å². The molecule has 4 aromatic rings. The fourth-order valence-electron chi connectivity index (χ4n) is 7.63. The third-order valence-corrected chi connectivity index (χ3v) is 10.9. The van der Waals surface area contributed by atoms with Crippen molar-refractivity contribution in [2.75, 3.05) is 32.7 Å². The molecular formula is C46H50F3N3O4. The normalized spacial score (nSPS) is 15.5. The van der Waals surface area contributed by atoms with E-state index in [-0.39, 0.29) is 17.6 Å². The summed E-state index contributed by atoms with van der Waals surface area (Å²) in [6.07, 6.45) is 7.18. The Morgan fingerprint density at radius 1 is 0.768 bits per heavy atom. The Morgan fingerprint density at radius 3 is 2.12 bits per heavy atom. The van der Waals surface area contributed by atoms with E-state index < -0.39 is 12.1 Å². The highest BCUT2D eigenvalue weighted by atomic mass is 19.4. The van der Waals surface area contributed by atoms with Crippen LogP contribution in [0.2, 0.25) is 0 Å². The van der Waals surface area contributed by atoms with Crippen molar-refractivity contribution in [1.29, 1.82) is 0 Å². The first kappa shape index (κ1) is 40.4. The van der Waals surface area contributed by atoms with Gasteiger partial charge in [-0.1, -0.05) is 92.1 Å². The molecule has 2 fully saturated rings. The number of alkyl halides is 3. The number of esters is 1. The van der Waals surface area contributed by atoms with Crippen molar-refractivity contribution in [2.24, 2.45) is 11.8 Å². The summed E-state index contributed by atoms with van der Waals surface area (Å²) in [5, 5.41) is 3.45. The van der Waals surface area contributed by atoms with Crippen molar-refractivity contribution in [3.63, 3.8) is 0 Å². The average molecular weight is 766 g/mol. The SMILES string of the molecule is O=C(C=Cc1ccccc1)N(CCc1ccc(OC(=O)C(F)(F)F)cc1)Cc1cccc(-c2cccc(C(=O)N3CCC(CCCC4CCNCC4)CC3)c2)c1. The van der Waals surface area contributed by atoms with Crippen LogP contribution in [0.1, 0.15) is 72.0 Å². The number of carbonyl (C=O) groups is 3. The number of halogens is 3. The molecule has 294 valence electrons. The quantitative estimate of drug-likeness (QED) is 0.0788. The topological polar surface area (TPSA) is 79.0 Å². The van der Waals surface area contributed by atoms with Gasteiger partial charge in [0.15, 0.2) is 0 Å². The number of ether oxygens (including phenoxy) is 1. The van der Waals surface area contributed by atoms with Crippen molar-refractivity contribution in [1.82, 2.24) is 15.1 Å². The number of benzene rings is 4. The summed E-state index contributed by atoms with van der Waals surface area (Å²) in [4.78, 5) is 42.2. The number of hydrogen-bond donors (Lipinski definition) is 1. The number of carbonyl (C=O) groups excluding carboxylic acids is 3. The zero-order valence-corrected chi connectivity index (χ0v) is 31.7. The fraction of sp³-hybridized carbons (Fsp3) is 0.370. The molecule has 0 radical (unpaired) electrons. The number of nitrogens with one attached hydrogen (secondary N) is 1. The minimum absolute atomic E-state index is 0.0599. The van der Waals surface area contributed by atoms with Gasteiger partial charge in [0.25, 0.3) is 5.91 Å². The largest absolute Gasteiger partial charge is 0.491 e. The second kappa shape index (κ2) is 19.6. The van der Waals surface area contributed by atoms with Crippen LogP contribution in [0.5, 0.6) is 5.75 Å². The number of nitrogens with zero attached hydrogens (tertiary/aromatic N) is 2. The van der Waals surface area contributed by atoms with E-state index in [0.29, 0.717) is 31.0 Å². The third kappa shape index (κ3) is 11.9. The molecular weight excluding hydrogens is 716 g/mol. The Morgan fingerprint density at radius 2 is 1.43 bits per heavy atom. The van der Waals surface area contributed by atoms with Crippen molar-refractivity contribution < 1.29 is 32.3 Å². The molecule has 2 amide bonds. The maximum atomic E-state index is 13.7. The monoisotopic (exact) mass is 765 g/mol. The third-order valence-electron chi connectivity index (χ3n) is 10.9. The van der Waals surface area contributed by atoms with Crippen LogP contribution in [-0.2, 0) is 22.6 Å². The molecule has 2 aliphatic rings. The molecule has 0 atom stereocenters. The molecule has 0 spiro atoms. The van der Waals surface area contributed by atoms with E-state index in [1.54, 1.807) is 23.1 Å². The molecule has 0 aliphatic carbocycles. The van der Waals surface area contributed by atoms with Gasteiger partial charge in [-0.25, -0.2) is 4.79 Å². The lowest BCUT2D eigenvalue weighted by Crippen LogP contribution is -2.38. The maximum Gasteiger partial charge on any atom is 0.491 e. The van der Waals surface area contributed by atoms with Gasteiger partial charge in [-0.3, -0.25) is 9.59 Å². The first-order valence-electron chi connectivity index (χ1n) is 19.7. The number of amides is 2. The lowest BCUT2D eigenvalue weighted by molar-refractivity contribution is -0.189. The molecule has 0 aromatic heterocycles. The summed E-state index contributed by atoms with van der Waals surface area (Å²) in [7, 11) is 0. The van der Waals surface area contributed by atoms with Crippen LogP contribution in [0.15, 0.2) is 109 Å². The Labute approximate surface area is 327 Å². The zero-order valence-electron chi connectivity index (χ0n) is 31.7. The van der Waals surface area contributed by atoms with E-state index in [2.05, 4.69) is 10.1 Å². The van der Waals surface area contributed by atoms with E-state index in [1.165, 1.54) is 50.3 Å². The van der Waals surface area contributed by atoms with E-state index >= 15 is 0 Å².